The van der Waals surface area contributed by atoms with Gasteiger partial charge in [0.1, 0.15) is 18.1 Å². The zero-order chi connectivity index (χ0) is 27.5. The second kappa shape index (κ2) is 11.9. The van der Waals surface area contributed by atoms with Crippen molar-refractivity contribution in [2.24, 2.45) is 5.92 Å². The molecule has 0 saturated carbocycles. The molecule has 2 saturated heterocycles. The summed E-state index contributed by atoms with van der Waals surface area (Å²) in [6.45, 7) is 10.2. The molecule has 4 heterocycles. The van der Waals surface area contributed by atoms with Gasteiger partial charge in [-0.05, 0) is 61.9 Å². The minimum absolute atomic E-state index is 0.0321. The zero-order valence-electron chi connectivity index (χ0n) is 23.0. The summed E-state index contributed by atoms with van der Waals surface area (Å²) in [4.78, 5) is 34.4. The number of aromatic nitrogens is 2. The Labute approximate surface area is 233 Å². The van der Waals surface area contributed by atoms with Crippen molar-refractivity contribution in [1.82, 2.24) is 25.7 Å². The van der Waals surface area contributed by atoms with E-state index >= 15 is 0 Å². The van der Waals surface area contributed by atoms with Crippen molar-refractivity contribution in [3.63, 3.8) is 0 Å². The molecule has 0 bridgehead atoms. The maximum atomic E-state index is 13.8. The van der Waals surface area contributed by atoms with E-state index in [9.17, 15) is 9.59 Å². The van der Waals surface area contributed by atoms with E-state index in [1.165, 1.54) is 0 Å². The lowest BCUT2D eigenvalue weighted by Gasteiger charge is -2.29. The van der Waals surface area contributed by atoms with Gasteiger partial charge in [0.05, 0.1) is 22.1 Å². The van der Waals surface area contributed by atoms with Crippen LogP contribution < -0.4 is 15.4 Å². The molecule has 1 aromatic carbocycles. The number of carbonyl (C=O) groups excluding carboxylic acids is 2. The van der Waals surface area contributed by atoms with E-state index in [0.717, 1.165) is 47.6 Å². The molecule has 0 spiro atoms. The van der Waals surface area contributed by atoms with Gasteiger partial charge in [0.25, 0.3) is 5.88 Å². The van der Waals surface area contributed by atoms with E-state index < -0.39 is 12.0 Å². The highest BCUT2D eigenvalue weighted by Gasteiger charge is 2.40. The highest BCUT2D eigenvalue weighted by molar-refractivity contribution is 7.13. The van der Waals surface area contributed by atoms with Gasteiger partial charge in [0, 0.05) is 19.2 Å². The number of aryl methyl sites for hydroxylation is 1. The molecule has 2 N–H and O–H groups in total. The first-order valence-corrected chi connectivity index (χ1v) is 14.6. The van der Waals surface area contributed by atoms with E-state index in [1.807, 2.05) is 45.3 Å². The van der Waals surface area contributed by atoms with Gasteiger partial charge in [-0.2, -0.15) is 0 Å². The molecule has 4 atom stereocenters. The number of thiazole rings is 1. The van der Waals surface area contributed by atoms with Crippen LogP contribution in [-0.4, -0.2) is 58.6 Å². The highest BCUT2D eigenvalue weighted by Crippen LogP contribution is 2.33. The fraction of sp³-hybridized carbons (Fsp3) is 0.517. The zero-order valence-corrected chi connectivity index (χ0v) is 23.8. The molecule has 0 radical (unpaired) electrons. The molecule has 208 valence electrons. The lowest BCUT2D eigenvalue weighted by atomic mass is 9.91. The largest absolute Gasteiger partial charge is 0.471 e. The molecular weight excluding hydrogens is 514 g/mol. The maximum Gasteiger partial charge on any atom is 0.254 e. The van der Waals surface area contributed by atoms with Gasteiger partial charge in [0.2, 0.25) is 11.8 Å². The fourth-order valence-corrected chi connectivity index (χ4v) is 6.30. The number of likely N-dealkylation sites (tertiary alicyclic amines) is 1. The number of hydrogen-bond acceptors (Lipinski definition) is 8. The summed E-state index contributed by atoms with van der Waals surface area (Å²) in [6, 6.07) is 9.24. The number of nitrogens with one attached hydrogen (secondary N) is 2. The van der Waals surface area contributed by atoms with Crippen molar-refractivity contribution in [1.29, 1.82) is 0 Å². The van der Waals surface area contributed by atoms with E-state index in [0.29, 0.717) is 24.6 Å². The van der Waals surface area contributed by atoms with Crippen molar-refractivity contribution in [2.75, 3.05) is 19.6 Å². The third kappa shape index (κ3) is 6.01. The van der Waals surface area contributed by atoms with Crippen molar-refractivity contribution >= 4 is 23.2 Å². The Bertz CT molecular complexity index is 1280. The Morgan fingerprint density at radius 3 is 2.67 bits per heavy atom. The minimum atomic E-state index is -0.537. The van der Waals surface area contributed by atoms with Crippen LogP contribution in [0.1, 0.15) is 69.0 Å². The topological polar surface area (TPSA) is 110 Å². The second-order valence-electron chi connectivity index (χ2n) is 10.8. The Morgan fingerprint density at radius 1 is 1.21 bits per heavy atom. The molecule has 2 aliphatic heterocycles. The van der Waals surface area contributed by atoms with Crippen molar-refractivity contribution in [2.45, 2.75) is 71.1 Å². The van der Waals surface area contributed by atoms with Gasteiger partial charge in [-0.15, -0.1) is 11.3 Å². The van der Waals surface area contributed by atoms with E-state index in [-0.39, 0.29) is 29.9 Å². The molecular formula is C29H37N5O4S. The summed E-state index contributed by atoms with van der Waals surface area (Å²) in [5, 5.41) is 10.5. The minimum Gasteiger partial charge on any atom is -0.471 e. The van der Waals surface area contributed by atoms with Gasteiger partial charge in [-0.25, -0.2) is 4.98 Å². The third-order valence-electron chi connectivity index (χ3n) is 7.66. The normalized spacial score (nSPS) is 20.8. The lowest BCUT2D eigenvalue weighted by Crippen LogP contribution is -2.48. The Hall–Kier alpha value is -3.24. The molecule has 9 nitrogen and oxygen atoms in total. The van der Waals surface area contributed by atoms with Gasteiger partial charge in [-0.1, -0.05) is 38.1 Å². The highest BCUT2D eigenvalue weighted by atomic mass is 32.1. The number of nitrogens with zero attached hydrogens (tertiary/aromatic N) is 3. The molecule has 39 heavy (non-hydrogen) atoms. The van der Waals surface area contributed by atoms with Crippen LogP contribution in [0.3, 0.4) is 0 Å². The van der Waals surface area contributed by atoms with Gasteiger partial charge < -0.3 is 24.8 Å². The van der Waals surface area contributed by atoms with Crippen LogP contribution in [0.4, 0.5) is 0 Å². The van der Waals surface area contributed by atoms with E-state index in [1.54, 1.807) is 22.3 Å². The third-order valence-corrected chi connectivity index (χ3v) is 8.64. The molecule has 2 aromatic heterocycles. The first kappa shape index (κ1) is 27.3. The molecule has 2 fully saturated rings. The van der Waals surface area contributed by atoms with E-state index in [4.69, 9.17) is 9.26 Å². The molecule has 2 aliphatic rings. The summed E-state index contributed by atoms with van der Waals surface area (Å²) in [5.74, 6) is 0.0729. The number of hydrogen-bond donors (Lipinski definition) is 2. The SMILES string of the molecule is Cc1ncsc1-c1ccc(C(C)NC(=O)C2CCCN2C(=O)C(c2cc(OC3CCNC3)no2)C(C)C)cc1. The average Bonchev–Trinajstić information content (AvgIpc) is 3.73. The number of benzene rings is 1. The van der Waals surface area contributed by atoms with Crippen molar-refractivity contribution in [3.05, 3.63) is 52.9 Å². The van der Waals surface area contributed by atoms with Crippen LogP contribution in [0.15, 0.2) is 40.4 Å². The molecule has 2 amide bonds. The van der Waals surface area contributed by atoms with Crippen LogP contribution >= 0.6 is 11.3 Å². The summed E-state index contributed by atoms with van der Waals surface area (Å²) < 4.78 is 11.5. The summed E-state index contributed by atoms with van der Waals surface area (Å²) in [7, 11) is 0. The Balaban J connectivity index is 1.24. The predicted molar refractivity (Wildman–Crippen MR) is 150 cm³/mol. The van der Waals surface area contributed by atoms with E-state index in [2.05, 4.69) is 32.9 Å². The van der Waals surface area contributed by atoms with Crippen LogP contribution in [0, 0.1) is 12.8 Å². The molecule has 10 heteroatoms. The van der Waals surface area contributed by atoms with Crippen LogP contribution in [-0.2, 0) is 9.59 Å². The number of ether oxygens (including phenoxy) is 1. The molecule has 5 rings (SSSR count). The Kier molecular flexibility index (Phi) is 8.32. The summed E-state index contributed by atoms with van der Waals surface area (Å²) in [5.41, 5.74) is 4.99. The predicted octanol–water partition coefficient (Wildman–Crippen LogP) is 4.46. The molecule has 3 aromatic rings. The van der Waals surface area contributed by atoms with Crippen LogP contribution in [0.25, 0.3) is 10.4 Å². The maximum absolute atomic E-state index is 13.8. The smallest absolute Gasteiger partial charge is 0.254 e. The molecule has 0 aliphatic carbocycles. The Morgan fingerprint density at radius 2 is 2.00 bits per heavy atom. The summed E-state index contributed by atoms with van der Waals surface area (Å²) in [6.07, 6.45) is 2.38. The van der Waals surface area contributed by atoms with Crippen LogP contribution in [0.2, 0.25) is 0 Å². The first-order chi connectivity index (χ1) is 18.8. The second-order valence-corrected chi connectivity index (χ2v) is 11.7. The number of rotatable bonds is 9. The van der Waals surface area contributed by atoms with Gasteiger partial charge in [-0.3, -0.25) is 9.59 Å². The fourth-order valence-electron chi connectivity index (χ4n) is 5.49. The van der Waals surface area contributed by atoms with Crippen molar-refractivity contribution < 1.29 is 18.8 Å². The van der Waals surface area contributed by atoms with Gasteiger partial charge in [0.15, 0.2) is 5.76 Å². The van der Waals surface area contributed by atoms with Gasteiger partial charge >= 0.3 is 0 Å². The monoisotopic (exact) mass is 551 g/mol. The quantitative estimate of drug-likeness (QED) is 0.404. The number of amides is 2. The standard InChI is InChI=1S/C29H37N5O4S/c1-17(2)26(24-14-25(33-38-24)37-22-11-12-30-15-22)29(36)34-13-5-6-23(34)28(35)32-18(3)20-7-9-21(10-8-20)27-19(4)31-16-39-27/h7-10,14,16-18,22-23,26,30H,5-6,11-13,15H2,1-4H3,(H,32,35). The first-order valence-electron chi connectivity index (χ1n) is 13.8. The summed E-state index contributed by atoms with van der Waals surface area (Å²) >= 11 is 1.62. The van der Waals surface area contributed by atoms with Crippen LogP contribution in [0.5, 0.6) is 5.88 Å². The lowest BCUT2D eigenvalue weighted by molar-refractivity contribution is -0.141. The number of carbonyl (C=O) groups is 2. The van der Waals surface area contributed by atoms with Crippen molar-refractivity contribution in [3.8, 4) is 16.3 Å². The average molecular weight is 552 g/mol. The molecule has 4 unspecified atom stereocenters.